The van der Waals surface area contributed by atoms with Crippen LogP contribution in [-0.4, -0.2) is 37.0 Å². The number of aryl methyl sites for hydroxylation is 1. The topological polar surface area (TPSA) is 84.7 Å². The molecule has 1 aromatic rings. The summed E-state index contributed by atoms with van der Waals surface area (Å²) in [4.78, 5) is 23.9. The van der Waals surface area contributed by atoms with Crippen LogP contribution in [0.2, 0.25) is 0 Å². The molecule has 0 atom stereocenters. The first kappa shape index (κ1) is 16.8. The largest absolute Gasteiger partial charge is 0.494 e. The van der Waals surface area contributed by atoms with E-state index in [1.807, 2.05) is 19.1 Å². The van der Waals surface area contributed by atoms with Gasteiger partial charge in [0, 0.05) is 12.7 Å². The van der Waals surface area contributed by atoms with Crippen LogP contribution in [0.25, 0.3) is 0 Å². The average molecular weight is 293 g/mol. The van der Waals surface area contributed by atoms with Crippen LogP contribution in [0.1, 0.15) is 25.3 Å². The highest BCUT2D eigenvalue weighted by Gasteiger charge is 2.12. The number of ether oxygens (including phenoxy) is 1. The van der Waals surface area contributed by atoms with Crippen LogP contribution in [0.15, 0.2) is 18.2 Å². The predicted molar refractivity (Wildman–Crippen MR) is 82.4 cm³/mol. The Morgan fingerprint density at radius 1 is 1.38 bits per heavy atom. The monoisotopic (exact) mass is 293 g/mol. The zero-order chi connectivity index (χ0) is 15.8. The molecule has 1 rings (SSSR count). The molecule has 6 nitrogen and oxygen atoms in total. The summed E-state index contributed by atoms with van der Waals surface area (Å²) >= 11 is 0. The second kappa shape index (κ2) is 8.14. The van der Waals surface area contributed by atoms with Crippen molar-refractivity contribution in [3.05, 3.63) is 23.8 Å². The lowest BCUT2D eigenvalue weighted by atomic mass is 10.2. The Balaban J connectivity index is 2.63. The Bertz CT molecular complexity index is 503. The van der Waals surface area contributed by atoms with E-state index in [2.05, 4.69) is 12.2 Å². The number of rotatable bonds is 7. The first-order valence-electron chi connectivity index (χ1n) is 6.98. The van der Waals surface area contributed by atoms with Crippen LogP contribution in [0.5, 0.6) is 5.75 Å². The SMILES string of the molecule is CCCCOc1ccc(NC(=O)N(C)CC(N)=O)c(C)c1. The van der Waals surface area contributed by atoms with Gasteiger partial charge < -0.3 is 20.7 Å². The molecule has 0 unspecified atom stereocenters. The van der Waals surface area contributed by atoms with Gasteiger partial charge in [0.2, 0.25) is 5.91 Å². The highest BCUT2D eigenvalue weighted by atomic mass is 16.5. The third-order valence-corrected chi connectivity index (χ3v) is 2.95. The Kier molecular flexibility index (Phi) is 6.52. The van der Waals surface area contributed by atoms with Crippen molar-refractivity contribution in [3.63, 3.8) is 0 Å². The summed E-state index contributed by atoms with van der Waals surface area (Å²) in [7, 11) is 1.51. The molecule has 3 N–H and O–H groups in total. The molecule has 0 aliphatic rings. The van der Waals surface area contributed by atoms with Crippen LogP contribution >= 0.6 is 0 Å². The molecule has 0 saturated carbocycles. The predicted octanol–water partition coefficient (Wildman–Crippen LogP) is 2.12. The molecule has 0 aliphatic carbocycles. The van der Waals surface area contributed by atoms with Gasteiger partial charge in [-0.1, -0.05) is 13.3 Å². The lowest BCUT2D eigenvalue weighted by molar-refractivity contribution is -0.118. The Labute approximate surface area is 125 Å². The molecule has 116 valence electrons. The number of amides is 3. The number of nitrogens with two attached hydrogens (primary N) is 1. The summed E-state index contributed by atoms with van der Waals surface area (Å²) in [5.74, 6) is 0.230. The van der Waals surface area contributed by atoms with Crippen molar-refractivity contribution in [1.82, 2.24) is 4.90 Å². The molecule has 0 heterocycles. The Morgan fingerprint density at radius 2 is 2.10 bits per heavy atom. The molecular weight excluding hydrogens is 270 g/mol. The number of benzene rings is 1. The zero-order valence-electron chi connectivity index (χ0n) is 12.8. The number of anilines is 1. The zero-order valence-corrected chi connectivity index (χ0v) is 12.8. The van der Waals surface area contributed by atoms with Crippen molar-refractivity contribution in [3.8, 4) is 5.75 Å². The van der Waals surface area contributed by atoms with Crippen LogP contribution in [-0.2, 0) is 4.79 Å². The molecule has 0 saturated heterocycles. The summed E-state index contributed by atoms with van der Waals surface area (Å²) in [5, 5.41) is 2.73. The van der Waals surface area contributed by atoms with Crippen molar-refractivity contribution >= 4 is 17.6 Å². The highest BCUT2D eigenvalue weighted by molar-refractivity contribution is 5.92. The fourth-order valence-electron chi connectivity index (χ4n) is 1.72. The lowest BCUT2D eigenvalue weighted by Crippen LogP contribution is -2.38. The number of urea groups is 1. The number of nitrogens with one attached hydrogen (secondary N) is 1. The van der Waals surface area contributed by atoms with E-state index in [4.69, 9.17) is 10.5 Å². The van der Waals surface area contributed by atoms with E-state index >= 15 is 0 Å². The first-order valence-corrected chi connectivity index (χ1v) is 6.98. The quantitative estimate of drug-likeness (QED) is 0.755. The third-order valence-electron chi connectivity index (χ3n) is 2.95. The molecule has 0 aliphatic heterocycles. The van der Waals surface area contributed by atoms with E-state index in [-0.39, 0.29) is 12.6 Å². The molecule has 0 spiro atoms. The second-order valence-corrected chi connectivity index (χ2v) is 4.93. The number of likely N-dealkylation sites (N-methyl/N-ethyl adjacent to an activating group) is 1. The van der Waals surface area contributed by atoms with E-state index in [1.165, 1.54) is 11.9 Å². The van der Waals surface area contributed by atoms with Crippen LogP contribution < -0.4 is 15.8 Å². The fourth-order valence-corrected chi connectivity index (χ4v) is 1.72. The maximum Gasteiger partial charge on any atom is 0.322 e. The molecular formula is C15H23N3O3. The Morgan fingerprint density at radius 3 is 2.67 bits per heavy atom. The van der Waals surface area contributed by atoms with Gasteiger partial charge in [0.1, 0.15) is 12.3 Å². The van der Waals surface area contributed by atoms with Crippen molar-refractivity contribution in [2.24, 2.45) is 5.73 Å². The van der Waals surface area contributed by atoms with Gasteiger partial charge in [-0.15, -0.1) is 0 Å². The summed E-state index contributed by atoms with van der Waals surface area (Å²) in [6.07, 6.45) is 2.09. The first-order chi connectivity index (χ1) is 9.93. The molecule has 1 aromatic carbocycles. The minimum atomic E-state index is -0.552. The van der Waals surface area contributed by atoms with E-state index in [1.54, 1.807) is 6.07 Å². The third kappa shape index (κ3) is 5.72. The second-order valence-electron chi connectivity index (χ2n) is 4.93. The van der Waals surface area contributed by atoms with Crippen molar-refractivity contribution < 1.29 is 14.3 Å². The summed E-state index contributed by atoms with van der Waals surface area (Å²) in [6, 6.07) is 5.09. The molecule has 0 bridgehead atoms. The molecule has 0 fully saturated rings. The van der Waals surface area contributed by atoms with Gasteiger partial charge in [-0.3, -0.25) is 4.79 Å². The van der Waals surface area contributed by atoms with Gasteiger partial charge in [0.15, 0.2) is 0 Å². The lowest BCUT2D eigenvalue weighted by Gasteiger charge is -2.17. The fraction of sp³-hybridized carbons (Fsp3) is 0.467. The smallest absolute Gasteiger partial charge is 0.322 e. The van der Waals surface area contributed by atoms with Crippen LogP contribution in [0, 0.1) is 6.92 Å². The van der Waals surface area contributed by atoms with Gasteiger partial charge in [0.25, 0.3) is 0 Å². The van der Waals surface area contributed by atoms with Gasteiger partial charge in [-0.05, 0) is 37.1 Å². The van der Waals surface area contributed by atoms with E-state index in [0.717, 1.165) is 24.2 Å². The van der Waals surface area contributed by atoms with Gasteiger partial charge in [-0.25, -0.2) is 4.79 Å². The number of hydrogen-bond donors (Lipinski definition) is 2. The molecule has 3 amide bonds. The molecule has 0 aromatic heterocycles. The summed E-state index contributed by atoms with van der Waals surface area (Å²) in [5.41, 5.74) is 6.63. The minimum absolute atomic E-state index is 0.122. The number of carbonyl (C=O) groups excluding carboxylic acids is 2. The van der Waals surface area contributed by atoms with E-state index < -0.39 is 5.91 Å². The molecule has 6 heteroatoms. The molecule has 21 heavy (non-hydrogen) atoms. The number of primary amides is 1. The average Bonchev–Trinajstić information content (AvgIpc) is 2.41. The summed E-state index contributed by atoms with van der Waals surface area (Å²) < 4.78 is 5.60. The van der Waals surface area contributed by atoms with Crippen molar-refractivity contribution in [1.29, 1.82) is 0 Å². The van der Waals surface area contributed by atoms with E-state index in [9.17, 15) is 9.59 Å². The van der Waals surface area contributed by atoms with Crippen molar-refractivity contribution in [2.75, 3.05) is 25.5 Å². The number of unbranched alkanes of at least 4 members (excludes halogenated alkanes) is 1. The normalized spacial score (nSPS) is 10.0. The van der Waals surface area contributed by atoms with Gasteiger partial charge in [-0.2, -0.15) is 0 Å². The van der Waals surface area contributed by atoms with Gasteiger partial charge in [0.05, 0.1) is 6.61 Å². The highest BCUT2D eigenvalue weighted by Crippen LogP contribution is 2.21. The maximum atomic E-state index is 11.9. The minimum Gasteiger partial charge on any atom is -0.494 e. The summed E-state index contributed by atoms with van der Waals surface area (Å²) in [6.45, 7) is 4.55. The number of nitrogens with zero attached hydrogens (tertiary/aromatic N) is 1. The number of hydrogen-bond acceptors (Lipinski definition) is 3. The maximum absolute atomic E-state index is 11.9. The standard InChI is InChI=1S/C15H23N3O3/c1-4-5-8-21-12-6-7-13(11(2)9-12)17-15(20)18(3)10-14(16)19/h6-7,9H,4-5,8,10H2,1-3H3,(H2,16,19)(H,17,20). The molecule has 0 radical (unpaired) electrons. The van der Waals surface area contributed by atoms with Crippen LogP contribution in [0.4, 0.5) is 10.5 Å². The number of carbonyl (C=O) groups is 2. The van der Waals surface area contributed by atoms with Gasteiger partial charge >= 0.3 is 6.03 Å². The van der Waals surface area contributed by atoms with Crippen LogP contribution in [0.3, 0.4) is 0 Å². The van der Waals surface area contributed by atoms with E-state index in [0.29, 0.717) is 12.3 Å². The van der Waals surface area contributed by atoms with Crippen molar-refractivity contribution in [2.45, 2.75) is 26.7 Å². The Hall–Kier alpha value is -2.24.